The van der Waals surface area contributed by atoms with E-state index in [1.54, 1.807) is 7.11 Å². The van der Waals surface area contributed by atoms with E-state index in [0.717, 1.165) is 37.7 Å². The first-order valence-electron chi connectivity index (χ1n) is 6.09. The molecule has 1 aromatic rings. The maximum Gasteiger partial charge on any atom is 0.185 e. The number of pyridine rings is 1. The van der Waals surface area contributed by atoms with E-state index in [0.29, 0.717) is 6.61 Å². The molecule has 92 valence electrons. The van der Waals surface area contributed by atoms with Crippen LogP contribution in [-0.2, 0) is 11.3 Å². The fourth-order valence-electron chi connectivity index (χ4n) is 2.17. The molecule has 1 aliphatic rings. The predicted octanol–water partition coefficient (Wildman–Crippen LogP) is 0.207. The minimum Gasteiger partial charge on any atom is -0.380 e. The molecule has 0 aliphatic carbocycles. The second-order valence-electron chi connectivity index (χ2n) is 4.70. The van der Waals surface area contributed by atoms with Crippen molar-refractivity contribution in [3.8, 4) is 0 Å². The number of hydrogen-bond acceptors (Lipinski definition) is 4. The van der Waals surface area contributed by atoms with Crippen LogP contribution in [0.4, 0.5) is 5.82 Å². The highest BCUT2D eigenvalue weighted by Gasteiger charge is 2.15. The van der Waals surface area contributed by atoms with Gasteiger partial charge in [0.05, 0.1) is 6.61 Å². The number of methoxy groups -OCH3 is 1. The summed E-state index contributed by atoms with van der Waals surface area (Å²) in [7, 11) is 3.89. The van der Waals surface area contributed by atoms with E-state index >= 15 is 0 Å². The molecule has 0 bridgehead atoms. The van der Waals surface area contributed by atoms with Gasteiger partial charge in [-0.1, -0.05) is 0 Å². The molecule has 5 heteroatoms. The Bertz CT molecular complexity index is 378. The summed E-state index contributed by atoms with van der Waals surface area (Å²) in [4.78, 5) is 9.32. The molecule has 0 atom stereocenters. The lowest BCUT2D eigenvalue weighted by molar-refractivity contribution is 0.185. The highest BCUT2D eigenvalue weighted by atomic mass is 16.5. The number of anilines is 1. The maximum atomic E-state index is 5.19. The van der Waals surface area contributed by atoms with Gasteiger partial charge in [-0.25, -0.2) is 4.98 Å². The van der Waals surface area contributed by atoms with E-state index in [1.165, 1.54) is 5.56 Å². The monoisotopic (exact) mass is 233 g/mol. The van der Waals surface area contributed by atoms with E-state index in [4.69, 9.17) is 4.74 Å². The molecule has 2 rings (SSSR count). The number of ether oxygens (including phenoxy) is 1. The van der Waals surface area contributed by atoms with Gasteiger partial charge in [0.2, 0.25) is 0 Å². The van der Waals surface area contributed by atoms with Gasteiger partial charge in [-0.05, 0) is 24.6 Å². The first-order chi connectivity index (χ1) is 8.19. The summed E-state index contributed by atoms with van der Waals surface area (Å²) in [6, 6.07) is 4.23. The summed E-state index contributed by atoms with van der Waals surface area (Å²) in [5.41, 5.74) is 2.27. The van der Waals surface area contributed by atoms with Crippen LogP contribution in [0.2, 0.25) is 0 Å². The lowest BCUT2D eigenvalue weighted by atomic mass is 10.2. The maximum absolute atomic E-state index is 5.19. The second kappa shape index (κ2) is 5.51. The molecule has 0 spiro atoms. The summed E-state index contributed by atoms with van der Waals surface area (Å²) in [5.74, 6) is 1.09. The van der Waals surface area contributed by atoms with Gasteiger partial charge in [-0.15, -0.1) is 0 Å². The molecule has 0 aromatic carbocycles. The van der Waals surface area contributed by atoms with Crippen molar-refractivity contribution in [2.24, 2.45) is 0 Å². The zero-order valence-electron chi connectivity index (χ0n) is 10.9. The molecule has 1 saturated heterocycles. The number of rotatable bonds is 3. The summed E-state index contributed by atoms with van der Waals surface area (Å²) in [6.07, 6.45) is 0. The smallest absolute Gasteiger partial charge is 0.185 e. The van der Waals surface area contributed by atoms with Crippen LogP contribution in [0.25, 0.3) is 0 Å². The summed E-state index contributed by atoms with van der Waals surface area (Å²) in [6.45, 7) is 7.02. The third-order valence-corrected chi connectivity index (χ3v) is 3.14. The number of aryl methyl sites for hydroxylation is 1. The standard InChI is InChI=1S/C12H20BN3O/c1-10-7-11(9-17-2)8-12(14-10)15-3-5-16(13)6-4-15/h7-8H,3-6,9,13H2,1-2H3. The van der Waals surface area contributed by atoms with Crippen LogP contribution in [-0.4, -0.2) is 51.1 Å². The first kappa shape index (κ1) is 12.4. The molecule has 0 saturated carbocycles. The quantitative estimate of drug-likeness (QED) is 0.697. The molecule has 0 N–H and O–H groups in total. The topological polar surface area (TPSA) is 28.6 Å². The van der Waals surface area contributed by atoms with Gasteiger partial charge in [0.1, 0.15) is 5.82 Å². The van der Waals surface area contributed by atoms with Crippen molar-refractivity contribution in [2.75, 3.05) is 38.2 Å². The number of hydrogen-bond donors (Lipinski definition) is 0. The Balaban J connectivity index is 2.14. The van der Waals surface area contributed by atoms with Crippen molar-refractivity contribution >= 4 is 13.8 Å². The predicted molar refractivity (Wildman–Crippen MR) is 72.0 cm³/mol. The van der Waals surface area contributed by atoms with Gasteiger partial charge in [-0.2, -0.15) is 0 Å². The number of piperazine rings is 1. The van der Waals surface area contributed by atoms with E-state index in [9.17, 15) is 0 Å². The molecule has 1 aromatic heterocycles. The average Bonchev–Trinajstić information content (AvgIpc) is 2.29. The van der Waals surface area contributed by atoms with Crippen molar-refractivity contribution in [3.63, 3.8) is 0 Å². The molecule has 4 nitrogen and oxygen atoms in total. The minimum atomic E-state index is 0.657. The average molecular weight is 233 g/mol. The molecule has 0 unspecified atom stereocenters. The van der Waals surface area contributed by atoms with Gasteiger partial charge in [-0.3, -0.25) is 0 Å². The fraction of sp³-hybridized carbons (Fsp3) is 0.583. The second-order valence-corrected chi connectivity index (χ2v) is 4.70. The lowest BCUT2D eigenvalue weighted by Crippen LogP contribution is -2.45. The minimum absolute atomic E-state index is 0.657. The molecule has 1 fully saturated rings. The summed E-state index contributed by atoms with van der Waals surface area (Å²) >= 11 is 0. The molecule has 17 heavy (non-hydrogen) atoms. The van der Waals surface area contributed by atoms with E-state index < -0.39 is 0 Å². The summed E-state index contributed by atoms with van der Waals surface area (Å²) < 4.78 is 5.19. The van der Waals surface area contributed by atoms with Crippen molar-refractivity contribution in [2.45, 2.75) is 13.5 Å². The van der Waals surface area contributed by atoms with Crippen LogP contribution in [0.1, 0.15) is 11.3 Å². The third kappa shape index (κ3) is 3.20. The van der Waals surface area contributed by atoms with Gasteiger partial charge >= 0.3 is 0 Å². The number of aromatic nitrogens is 1. The molecule has 2 heterocycles. The van der Waals surface area contributed by atoms with Gasteiger partial charge < -0.3 is 14.4 Å². The molecule has 0 radical (unpaired) electrons. The molecular weight excluding hydrogens is 213 g/mol. The van der Waals surface area contributed by atoms with Crippen LogP contribution in [0.5, 0.6) is 0 Å². The van der Waals surface area contributed by atoms with Gasteiger partial charge in [0.15, 0.2) is 7.98 Å². The Morgan fingerprint density at radius 2 is 2.00 bits per heavy atom. The lowest BCUT2D eigenvalue weighted by Gasteiger charge is -2.33. The fourth-order valence-corrected chi connectivity index (χ4v) is 2.17. The Labute approximate surface area is 104 Å². The Hall–Kier alpha value is -1.07. The summed E-state index contributed by atoms with van der Waals surface area (Å²) in [5, 5.41) is 0. The largest absolute Gasteiger partial charge is 0.380 e. The van der Waals surface area contributed by atoms with Gasteiger partial charge in [0, 0.05) is 39.0 Å². The molecule has 0 amide bonds. The van der Waals surface area contributed by atoms with Crippen molar-refractivity contribution in [3.05, 3.63) is 23.4 Å². The first-order valence-corrected chi connectivity index (χ1v) is 6.09. The van der Waals surface area contributed by atoms with Crippen LogP contribution in [0, 0.1) is 6.92 Å². The van der Waals surface area contributed by atoms with Crippen LogP contribution < -0.4 is 4.90 Å². The van der Waals surface area contributed by atoms with Crippen molar-refractivity contribution < 1.29 is 4.74 Å². The highest BCUT2D eigenvalue weighted by molar-refractivity contribution is 6.04. The Kier molecular flexibility index (Phi) is 4.02. The third-order valence-electron chi connectivity index (χ3n) is 3.14. The van der Waals surface area contributed by atoms with E-state index in [-0.39, 0.29) is 0 Å². The zero-order valence-corrected chi connectivity index (χ0v) is 10.9. The highest BCUT2D eigenvalue weighted by Crippen LogP contribution is 2.17. The Morgan fingerprint density at radius 3 is 2.65 bits per heavy atom. The molecule has 1 aliphatic heterocycles. The van der Waals surface area contributed by atoms with Gasteiger partial charge in [0.25, 0.3) is 0 Å². The SMILES string of the molecule is BN1CCN(c2cc(COC)cc(C)n2)CC1. The van der Waals surface area contributed by atoms with Crippen molar-refractivity contribution in [1.82, 2.24) is 9.79 Å². The number of nitrogens with zero attached hydrogens (tertiary/aromatic N) is 3. The van der Waals surface area contributed by atoms with Crippen molar-refractivity contribution in [1.29, 1.82) is 0 Å². The van der Waals surface area contributed by atoms with Crippen LogP contribution in [0.3, 0.4) is 0 Å². The van der Waals surface area contributed by atoms with E-state index in [2.05, 4.69) is 34.8 Å². The van der Waals surface area contributed by atoms with E-state index in [1.807, 2.05) is 6.92 Å². The van der Waals surface area contributed by atoms with Crippen LogP contribution >= 0.6 is 0 Å². The zero-order chi connectivity index (χ0) is 12.3. The Morgan fingerprint density at radius 1 is 1.29 bits per heavy atom. The van der Waals surface area contributed by atoms with Crippen LogP contribution in [0.15, 0.2) is 12.1 Å². The normalized spacial score (nSPS) is 17.4. The molecular formula is C12H20BN3O.